The van der Waals surface area contributed by atoms with Crippen LogP contribution in [-0.4, -0.2) is 79.3 Å². The smallest absolute Gasteiger partial charge is 0.402 e. The van der Waals surface area contributed by atoms with Crippen LogP contribution in [0.5, 0.6) is 0 Å². The molecule has 0 aromatic heterocycles. The second-order valence-corrected chi connectivity index (χ2v) is 12.3. The summed E-state index contributed by atoms with van der Waals surface area (Å²) in [4.78, 5) is 27.4. The summed E-state index contributed by atoms with van der Waals surface area (Å²) in [5.74, 6) is -0.694. The fourth-order valence-corrected chi connectivity index (χ4v) is 6.38. The maximum atomic E-state index is 13.6. The van der Waals surface area contributed by atoms with Gasteiger partial charge in [-0.15, -0.1) is 0 Å². The summed E-state index contributed by atoms with van der Waals surface area (Å²) in [6.07, 6.45) is -0.832. The third-order valence-electron chi connectivity index (χ3n) is 8.89. The van der Waals surface area contributed by atoms with E-state index in [-0.39, 0.29) is 17.8 Å². The van der Waals surface area contributed by atoms with E-state index in [9.17, 15) is 18.0 Å². The Morgan fingerprint density at radius 2 is 1.64 bits per heavy atom. The lowest BCUT2D eigenvalue weighted by molar-refractivity contribution is -0.223. The van der Waals surface area contributed by atoms with E-state index in [0.29, 0.717) is 26.3 Å². The highest BCUT2D eigenvalue weighted by molar-refractivity contribution is 5.83. The first-order valence-electron chi connectivity index (χ1n) is 14.6. The van der Waals surface area contributed by atoms with Crippen molar-refractivity contribution in [2.45, 2.75) is 52.4 Å². The van der Waals surface area contributed by atoms with Gasteiger partial charge in [0.15, 0.2) is 0 Å². The van der Waals surface area contributed by atoms with Crippen LogP contribution in [0.1, 0.15) is 44.2 Å². The number of carbonyl (C=O) groups excluding carboxylic acids is 1. The van der Waals surface area contributed by atoms with Gasteiger partial charge in [0.1, 0.15) is 5.41 Å². The van der Waals surface area contributed by atoms with Gasteiger partial charge in [0.2, 0.25) is 5.91 Å². The molecular formula is C32H42F3N3O4. The third-order valence-corrected chi connectivity index (χ3v) is 8.89. The Bertz CT molecular complexity index is 1180. The molecule has 0 radical (unpaired) electrons. The van der Waals surface area contributed by atoms with Gasteiger partial charge in [-0.3, -0.25) is 14.5 Å². The topological polar surface area (TPSA) is 73.3 Å². The lowest BCUT2D eigenvalue weighted by Crippen LogP contribution is -2.65. The molecule has 1 atom stereocenters. The summed E-state index contributed by atoms with van der Waals surface area (Å²) < 4.78 is 46.9. The van der Waals surface area contributed by atoms with Gasteiger partial charge in [0.05, 0.1) is 13.2 Å². The van der Waals surface area contributed by atoms with Gasteiger partial charge in [0.25, 0.3) is 6.47 Å². The quantitative estimate of drug-likeness (QED) is 0.414. The molecule has 2 aromatic rings. The lowest BCUT2D eigenvalue weighted by atomic mass is 9.70. The molecule has 0 bridgehead atoms. The fraction of sp³-hybridized carbons (Fsp3) is 0.562. The maximum absolute atomic E-state index is 13.6. The number of nitrogens with zero attached hydrogens (tertiary/aromatic N) is 3. The summed E-state index contributed by atoms with van der Waals surface area (Å²) in [6.45, 7) is 7.91. The van der Waals surface area contributed by atoms with Crippen LogP contribution in [0.15, 0.2) is 54.6 Å². The van der Waals surface area contributed by atoms with Crippen LogP contribution in [0.4, 0.5) is 18.9 Å². The molecule has 3 heterocycles. The van der Waals surface area contributed by atoms with Crippen molar-refractivity contribution in [2.75, 3.05) is 50.8 Å². The molecule has 1 spiro atoms. The number of carboxylic acid groups (broad SMARTS) is 1. The van der Waals surface area contributed by atoms with Gasteiger partial charge in [0, 0.05) is 62.8 Å². The summed E-state index contributed by atoms with van der Waals surface area (Å²) in [7, 11) is 0. The molecule has 0 saturated carbocycles. The van der Waals surface area contributed by atoms with Crippen LogP contribution < -0.4 is 4.90 Å². The van der Waals surface area contributed by atoms with Crippen molar-refractivity contribution >= 4 is 18.1 Å². The number of piperidine rings is 1. The molecular weight excluding hydrogens is 547 g/mol. The number of alkyl halides is 3. The number of benzene rings is 2. The zero-order valence-electron chi connectivity index (χ0n) is 24.5. The first-order valence-corrected chi connectivity index (χ1v) is 14.6. The molecule has 42 heavy (non-hydrogen) atoms. The zero-order chi connectivity index (χ0) is 30.4. The largest absolute Gasteiger partial charge is 0.483 e. The Hall–Kier alpha value is -3.11. The Labute approximate surface area is 246 Å². The molecule has 3 aliphatic rings. The van der Waals surface area contributed by atoms with Crippen molar-refractivity contribution in [3.8, 4) is 0 Å². The molecule has 230 valence electrons. The first kappa shape index (κ1) is 31.8. The molecule has 7 nitrogen and oxygen atoms in total. The normalized spacial score (nSPS) is 20.5. The van der Waals surface area contributed by atoms with Crippen molar-refractivity contribution in [3.63, 3.8) is 0 Å². The van der Waals surface area contributed by atoms with Crippen LogP contribution in [0.3, 0.4) is 0 Å². The zero-order valence-corrected chi connectivity index (χ0v) is 24.5. The molecule has 2 aromatic carbocycles. The predicted octanol–water partition coefficient (Wildman–Crippen LogP) is 5.44. The summed E-state index contributed by atoms with van der Waals surface area (Å²) >= 11 is 0. The van der Waals surface area contributed by atoms with Crippen molar-refractivity contribution in [1.29, 1.82) is 0 Å². The third kappa shape index (κ3) is 7.26. The standard InChI is InChI=1S/C31H40F3N3O2.CH2O2/c1-29(2,31(32,33)34)28(38)37-22-30(23-37)21-35(17-24-10-5-3-6-11-24)18-26(30)20-39-19-25-12-9-13-27(16-25)36-14-7-4-8-15-36;2-1-3/h3,5-6,9-13,16,26H,4,7-8,14-15,17-23H2,1-2H3;1H,(H,2,3)/t26-;/m0./s1. The monoisotopic (exact) mass is 589 g/mol. The number of carbonyl (C=O) groups is 2. The molecule has 0 unspecified atom stereocenters. The average molecular weight is 590 g/mol. The average Bonchev–Trinajstić information content (AvgIpc) is 3.31. The van der Waals surface area contributed by atoms with E-state index in [2.05, 4.69) is 46.2 Å². The van der Waals surface area contributed by atoms with Crippen LogP contribution in [0.25, 0.3) is 0 Å². The highest BCUT2D eigenvalue weighted by Crippen LogP contribution is 2.48. The van der Waals surface area contributed by atoms with Gasteiger partial charge >= 0.3 is 6.18 Å². The number of ether oxygens (including phenoxy) is 1. The van der Waals surface area contributed by atoms with E-state index in [4.69, 9.17) is 14.6 Å². The van der Waals surface area contributed by atoms with E-state index in [1.165, 1.54) is 35.4 Å². The van der Waals surface area contributed by atoms with Crippen LogP contribution >= 0.6 is 0 Å². The minimum Gasteiger partial charge on any atom is -0.483 e. The van der Waals surface area contributed by atoms with Gasteiger partial charge < -0.3 is 19.6 Å². The second-order valence-electron chi connectivity index (χ2n) is 12.3. The molecule has 10 heteroatoms. The van der Waals surface area contributed by atoms with Gasteiger partial charge in [-0.25, -0.2) is 0 Å². The van der Waals surface area contributed by atoms with Crippen LogP contribution in [0, 0.1) is 16.7 Å². The van der Waals surface area contributed by atoms with Gasteiger partial charge in [-0.05, 0) is 56.4 Å². The molecule has 1 N–H and O–H groups in total. The lowest BCUT2D eigenvalue weighted by Gasteiger charge is -2.53. The molecule has 0 aliphatic carbocycles. The number of amides is 1. The van der Waals surface area contributed by atoms with E-state index in [1.54, 1.807) is 0 Å². The van der Waals surface area contributed by atoms with Gasteiger partial charge in [-0.2, -0.15) is 13.2 Å². The van der Waals surface area contributed by atoms with E-state index < -0.39 is 17.5 Å². The second kappa shape index (κ2) is 13.5. The number of hydrogen-bond acceptors (Lipinski definition) is 5. The number of likely N-dealkylation sites (tertiary alicyclic amines) is 2. The molecule has 3 saturated heterocycles. The van der Waals surface area contributed by atoms with Crippen molar-refractivity contribution < 1.29 is 32.6 Å². The minimum atomic E-state index is -4.58. The highest BCUT2D eigenvalue weighted by Gasteiger charge is 2.61. The summed E-state index contributed by atoms with van der Waals surface area (Å²) in [5, 5.41) is 6.89. The molecule has 3 fully saturated rings. The predicted molar refractivity (Wildman–Crippen MR) is 155 cm³/mol. The molecule has 1 amide bonds. The van der Waals surface area contributed by atoms with E-state index >= 15 is 0 Å². The van der Waals surface area contributed by atoms with Crippen molar-refractivity contribution in [1.82, 2.24) is 9.80 Å². The van der Waals surface area contributed by atoms with Gasteiger partial charge in [-0.1, -0.05) is 42.5 Å². The number of halogens is 3. The van der Waals surface area contributed by atoms with Crippen molar-refractivity contribution in [3.05, 3.63) is 65.7 Å². The summed E-state index contributed by atoms with van der Waals surface area (Å²) in [5.41, 5.74) is 0.935. The Kier molecular flexibility index (Phi) is 10.2. The number of anilines is 1. The molecule has 3 aliphatic heterocycles. The number of rotatable bonds is 8. The van der Waals surface area contributed by atoms with E-state index in [1.807, 2.05) is 18.2 Å². The summed E-state index contributed by atoms with van der Waals surface area (Å²) in [6, 6.07) is 18.7. The minimum absolute atomic E-state index is 0.143. The Morgan fingerprint density at radius 1 is 1.00 bits per heavy atom. The fourth-order valence-electron chi connectivity index (χ4n) is 6.38. The van der Waals surface area contributed by atoms with Crippen LogP contribution in [-0.2, 0) is 27.5 Å². The SMILES string of the molecule is CC(C)(C(=O)N1CC2(CN(Cc3ccccc3)C[C@H]2COCc2cccc(N3CCCCC3)c2)C1)C(F)(F)F.O=CO. The molecule has 5 rings (SSSR count). The number of hydrogen-bond donors (Lipinski definition) is 1. The van der Waals surface area contributed by atoms with Crippen molar-refractivity contribution in [2.24, 2.45) is 16.7 Å². The first-order chi connectivity index (χ1) is 20.0. The highest BCUT2D eigenvalue weighted by atomic mass is 19.4. The maximum Gasteiger partial charge on any atom is 0.402 e. The van der Waals surface area contributed by atoms with Crippen LogP contribution in [0.2, 0.25) is 0 Å². The Balaban J connectivity index is 0.00000129. The van der Waals surface area contributed by atoms with E-state index in [0.717, 1.165) is 52.1 Å². The Morgan fingerprint density at radius 3 is 2.29 bits per heavy atom.